The summed E-state index contributed by atoms with van der Waals surface area (Å²) in [6.45, 7) is 9.52. The molecule has 128 valence electrons. The zero-order valence-corrected chi connectivity index (χ0v) is 14.7. The van der Waals surface area contributed by atoms with Crippen LogP contribution in [0, 0.1) is 11.8 Å². The predicted molar refractivity (Wildman–Crippen MR) is 89.3 cm³/mol. The lowest BCUT2D eigenvalue weighted by atomic mass is 9.94. The maximum atomic E-state index is 11.7. The molecule has 7 heteroatoms. The number of nitrogens with zero attached hydrogens (tertiary/aromatic N) is 1. The van der Waals surface area contributed by atoms with Gasteiger partial charge in [0, 0.05) is 26.1 Å². The largest absolute Gasteiger partial charge is 0.464 e. The van der Waals surface area contributed by atoms with E-state index >= 15 is 0 Å². The van der Waals surface area contributed by atoms with Crippen molar-refractivity contribution >= 4 is 30.8 Å². The van der Waals surface area contributed by atoms with E-state index in [2.05, 4.69) is 18.7 Å². The minimum Gasteiger partial charge on any atom is -0.464 e. The molecule has 0 amide bonds. The zero-order valence-electron chi connectivity index (χ0n) is 13.1. The van der Waals surface area contributed by atoms with Crippen LogP contribution in [0.4, 0.5) is 0 Å². The standard InChI is InChI=1S/C14H28N2O3.2ClH/c1-12(2)9-13(11-15)10-14(17)19-8-5-16-3-6-18-7-4-16;;/h12-13H,3-11,15H2,1-2H3;2*1H/t13-;;/m0../s1. The highest BCUT2D eigenvalue weighted by Gasteiger charge is 2.16. The van der Waals surface area contributed by atoms with Crippen LogP contribution < -0.4 is 5.73 Å². The lowest BCUT2D eigenvalue weighted by Gasteiger charge is -2.26. The van der Waals surface area contributed by atoms with Crippen LogP contribution in [0.3, 0.4) is 0 Å². The molecule has 0 unspecified atom stereocenters. The summed E-state index contributed by atoms with van der Waals surface area (Å²) in [6, 6.07) is 0. The van der Waals surface area contributed by atoms with Crippen LogP contribution in [-0.2, 0) is 14.3 Å². The monoisotopic (exact) mass is 344 g/mol. The molecule has 0 spiro atoms. The van der Waals surface area contributed by atoms with E-state index in [9.17, 15) is 4.79 Å². The van der Waals surface area contributed by atoms with E-state index in [0.717, 1.165) is 39.3 Å². The van der Waals surface area contributed by atoms with Gasteiger partial charge in [-0.15, -0.1) is 24.8 Å². The van der Waals surface area contributed by atoms with Gasteiger partial charge < -0.3 is 15.2 Å². The number of esters is 1. The minimum atomic E-state index is -0.121. The van der Waals surface area contributed by atoms with E-state index in [0.29, 0.717) is 25.5 Å². The molecule has 21 heavy (non-hydrogen) atoms. The van der Waals surface area contributed by atoms with Crippen LogP contribution in [-0.4, -0.2) is 56.9 Å². The summed E-state index contributed by atoms with van der Waals surface area (Å²) in [4.78, 5) is 14.0. The predicted octanol–water partition coefficient (Wildman–Crippen LogP) is 1.72. The number of hydrogen-bond donors (Lipinski definition) is 1. The Balaban J connectivity index is 0. The van der Waals surface area contributed by atoms with Crippen LogP contribution in [0.2, 0.25) is 0 Å². The first kappa shape index (κ1) is 23.2. The second-order valence-corrected chi connectivity index (χ2v) is 5.61. The Kier molecular flexibility index (Phi) is 15.0. The maximum absolute atomic E-state index is 11.7. The number of carbonyl (C=O) groups is 1. The summed E-state index contributed by atoms with van der Waals surface area (Å²) < 4.78 is 10.5. The van der Waals surface area contributed by atoms with Crippen molar-refractivity contribution in [3.8, 4) is 0 Å². The second kappa shape index (κ2) is 13.6. The average Bonchev–Trinajstić information content (AvgIpc) is 2.38. The summed E-state index contributed by atoms with van der Waals surface area (Å²) >= 11 is 0. The summed E-state index contributed by atoms with van der Waals surface area (Å²) in [7, 11) is 0. The fourth-order valence-corrected chi connectivity index (χ4v) is 2.34. The van der Waals surface area contributed by atoms with Gasteiger partial charge >= 0.3 is 5.97 Å². The summed E-state index contributed by atoms with van der Waals surface area (Å²) in [6.07, 6.45) is 1.42. The van der Waals surface area contributed by atoms with Gasteiger partial charge in [-0.05, 0) is 24.8 Å². The first-order valence-corrected chi connectivity index (χ1v) is 7.27. The van der Waals surface area contributed by atoms with Gasteiger partial charge in [-0.3, -0.25) is 9.69 Å². The number of halogens is 2. The molecule has 0 aromatic carbocycles. The molecule has 1 aliphatic rings. The molecule has 0 radical (unpaired) electrons. The first-order chi connectivity index (χ1) is 9.11. The topological polar surface area (TPSA) is 64.8 Å². The van der Waals surface area contributed by atoms with Crippen LogP contribution >= 0.6 is 24.8 Å². The zero-order chi connectivity index (χ0) is 14.1. The molecule has 0 aliphatic carbocycles. The third kappa shape index (κ3) is 11.2. The Morgan fingerprint density at radius 1 is 1.29 bits per heavy atom. The van der Waals surface area contributed by atoms with Gasteiger partial charge in [0.1, 0.15) is 6.61 Å². The van der Waals surface area contributed by atoms with Crippen molar-refractivity contribution in [2.45, 2.75) is 26.7 Å². The molecular formula is C14H30Cl2N2O3. The van der Waals surface area contributed by atoms with E-state index in [1.807, 2.05) is 0 Å². The van der Waals surface area contributed by atoms with E-state index < -0.39 is 0 Å². The van der Waals surface area contributed by atoms with Gasteiger partial charge in [0.25, 0.3) is 0 Å². The van der Waals surface area contributed by atoms with Gasteiger partial charge in [-0.2, -0.15) is 0 Å². The van der Waals surface area contributed by atoms with Gasteiger partial charge in [0.05, 0.1) is 13.2 Å². The number of nitrogens with two attached hydrogens (primary N) is 1. The summed E-state index contributed by atoms with van der Waals surface area (Å²) in [5.74, 6) is 0.690. The molecule has 0 aromatic rings. The second-order valence-electron chi connectivity index (χ2n) is 5.61. The summed E-state index contributed by atoms with van der Waals surface area (Å²) in [5.41, 5.74) is 5.69. The van der Waals surface area contributed by atoms with Crippen LogP contribution in [0.25, 0.3) is 0 Å². The number of rotatable bonds is 8. The first-order valence-electron chi connectivity index (χ1n) is 7.27. The molecule has 1 heterocycles. The Morgan fingerprint density at radius 3 is 2.43 bits per heavy atom. The van der Waals surface area contributed by atoms with Gasteiger partial charge in [0.15, 0.2) is 0 Å². The minimum absolute atomic E-state index is 0. The Hall–Kier alpha value is -0.0700. The highest BCUT2D eigenvalue weighted by atomic mass is 35.5. The van der Waals surface area contributed by atoms with E-state index in [1.165, 1.54) is 0 Å². The quantitative estimate of drug-likeness (QED) is 0.679. The average molecular weight is 345 g/mol. The molecule has 1 aliphatic heterocycles. The van der Waals surface area contributed by atoms with Crippen LogP contribution in [0.1, 0.15) is 26.7 Å². The summed E-state index contributed by atoms with van der Waals surface area (Å²) in [5, 5.41) is 0. The maximum Gasteiger partial charge on any atom is 0.306 e. The number of ether oxygens (including phenoxy) is 2. The fraction of sp³-hybridized carbons (Fsp3) is 0.929. The van der Waals surface area contributed by atoms with Crippen LogP contribution in [0.15, 0.2) is 0 Å². The molecule has 2 N–H and O–H groups in total. The lowest BCUT2D eigenvalue weighted by Crippen LogP contribution is -2.38. The molecule has 5 nitrogen and oxygen atoms in total. The number of carbonyl (C=O) groups excluding carboxylic acids is 1. The van der Waals surface area contributed by atoms with Crippen LogP contribution in [0.5, 0.6) is 0 Å². The highest BCUT2D eigenvalue weighted by Crippen LogP contribution is 2.14. The molecule has 1 rings (SSSR count). The van der Waals surface area contributed by atoms with Crippen molar-refractivity contribution in [1.82, 2.24) is 4.90 Å². The van der Waals surface area contributed by atoms with Gasteiger partial charge in [0.2, 0.25) is 0 Å². The molecule has 1 saturated heterocycles. The third-order valence-electron chi connectivity index (χ3n) is 3.37. The van der Waals surface area contributed by atoms with Crippen molar-refractivity contribution in [3.05, 3.63) is 0 Å². The van der Waals surface area contributed by atoms with E-state index in [4.69, 9.17) is 15.2 Å². The SMILES string of the molecule is CC(C)C[C@H](CN)CC(=O)OCCN1CCOCC1.Cl.Cl. The Bertz CT molecular complexity index is 263. The van der Waals surface area contributed by atoms with Gasteiger partial charge in [-0.1, -0.05) is 13.8 Å². The van der Waals surface area contributed by atoms with Crippen molar-refractivity contribution in [2.75, 3.05) is 46.0 Å². The number of hydrogen-bond acceptors (Lipinski definition) is 5. The van der Waals surface area contributed by atoms with Crippen molar-refractivity contribution < 1.29 is 14.3 Å². The van der Waals surface area contributed by atoms with Crippen molar-refractivity contribution in [1.29, 1.82) is 0 Å². The molecule has 1 fully saturated rings. The lowest BCUT2D eigenvalue weighted by molar-refractivity contribution is -0.145. The fourth-order valence-electron chi connectivity index (χ4n) is 2.34. The molecule has 0 aromatic heterocycles. The molecule has 0 saturated carbocycles. The van der Waals surface area contributed by atoms with Gasteiger partial charge in [-0.25, -0.2) is 0 Å². The van der Waals surface area contributed by atoms with E-state index in [-0.39, 0.29) is 36.7 Å². The molecular weight excluding hydrogens is 315 g/mol. The third-order valence-corrected chi connectivity index (χ3v) is 3.37. The smallest absolute Gasteiger partial charge is 0.306 e. The number of morpholine rings is 1. The normalized spacial score (nSPS) is 16.8. The Labute approximate surface area is 140 Å². The van der Waals surface area contributed by atoms with Crippen molar-refractivity contribution in [3.63, 3.8) is 0 Å². The Morgan fingerprint density at radius 2 is 1.90 bits per heavy atom. The highest BCUT2D eigenvalue weighted by molar-refractivity contribution is 5.85. The molecule has 0 bridgehead atoms. The van der Waals surface area contributed by atoms with E-state index in [1.54, 1.807) is 0 Å². The van der Waals surface area contributed by atoms with Crippen molar-refractivity contribution in [2.24, 2.45) is 17.6 Å². The molecule has 1 atom stereocenters.